The predicted molar refractivity (Wildman–Crippen MR) is 150 cm³/mol. The van der Waals surface area contributed by atoms with Crippen molar-refractivity contribution in [3.8, 4) is 0 Å². The van der Waals surface area contributed by atoms with Gasteiger partial charge in [-0.05, 0) is 12.8 Å². The Hall–Kier alpha value is 0.470. The van der Waals surface area contributed by atoms with Crippen molar-refractivity contribution < 1.29 is 9.90 Å². The molecule has 1 atom stereocenters. The minimum absolute atomic E-state index is 0. The molecule has 33 heavy (non-hydrogen) atoms. The SMILES string of the molecule is CCCCCCCCCCCCCCCCC(CCCCCCCCCCCC)C(=O)O.[NaH]. The zero-order chi connectivity index (χ0) is 23.5. The van der Waals surface area contributed by atoms with E-state index in [-0.39, 0.29) is 35.5 Å². The molecule has 194 valence electrons. The molecule has 0 aromatic carbocycles. The summed E-state index contributed by atoms with van der Waals surface area (Å²) in [5.41, 5.74) is 0. The predicted octanol–water partition coefficient (Wildman–Crippen LogP) is 10.2. The molecule has 1 unspecified atom stereocenters. The van der Waals surface area contributed by atoms with Gasteiger partial charge in [0, 0.05) is 0 Å². The Morgan fingerprint density at radius 1 is 0.455 bits per heavy atom. The Bertz CT molecular complexity index is 372. The first-order valence-corrected chi connectivity index (χ1v) is 14.9. The molecule has 0 aromatic rings. The van der Waals surface area contributed by atoms with E-state index in [0.29, 0.717) is 0 Å². The van der Waals surface area contributed by atoms with Gasteiger partial charge in [-0.1, -0.05) is 168 Å². The van der Waals surface area contributed by atoms with Crippen molar-refractivity contribution in [3.63, 3.8) is 0 Å². The van der Waals surface area contributed by atoms with Crippen LogP contribution >= 0.6 is 0 Å². The van der Waals surface area contributed by atoms with Crippen molar-refractivity contribution in [3.05, 3.63) is 0 Å². The van der Waals surface area contributed by atoms with Gasteiger partial charge in [-0.3, -0.25) is 4.79 Å². The molecule has 0 fully saturated rings. The van der Waals surface area contributed by atoms with E-state index in [1.54, 1.807) is 0 Å². The van der Waals surface area contributed by atoms with E-state index in [0.717, 1.165) is 25.7 Å². The number of hydrogen-bond acceptors (Lipinski definition) is 1. The maximum absolute atomic E-state index is 11.6. The molecule has 0 saturated heterocycles. The zero-order valence-corrected chi connectivity index (χ0v) is 22.3. The van der Waals surface area contributed by atoms with Crippen molar-refractivity contribution in [2.45, 2.75) is 181 Å². The molecule has 0 saturated carbocycles. The van der Waals surface area contributed by atoms with Crippen LogP contribution in [-0.4, -0.2) is 40.6 Å². The Balaban J connectivity index is 0. The molecule has 0 bridgehead atoms. The summed E-state index contributed by atoms with van der Waals surface area (Å²) < 4.78 is 0. The van der Waals surface area contributed by atoms with Gasteiger partial charge in [0.05, 0.1) is 5.92 Å². The van der Waals surface area contributed by atoms with Crippen molar-refractivity contribution in [1.29, 1.82) is 0 Å². The standard InChI is InChI=1S/C30H60O2.Na.H/c1-3-5-7-9-11-13-15-16-17-18-20-22-24-26-28-29(30(31)32)27-25-23-21-19-14-12-10-8-6-4-2;;/h29H,3-28H2,1-2H3,(H,31,32);;. The molecular formula is C30H61NaO2. The van der Waals surface area contributed by atoms with E-state index in [1.165, 1.54) is 141 Å². The van der Waals surface area contributed by atoms with Crippen LogP contribution < -0.4 is 0 Å². The Morgan fingerprint density at radius 2 is 0.667 bits per heavy atom. The van der Waals surface area contributed by atoms with Gasteiger partial charge < -0.3 is 5.11 Å². The average molecular weight is 477 g/mol. The molecule has 3 heteroatoms. The third-order valence-corrected chi connectivity index (χ3v) is 7.16. The van der Waals surface area contributed by atoms with Crippen LogP contribution in [0, 0.1) is 5.92 Å². The first-order valence-electron chi connectivity index (χ1n) is 14.9. The summed E-state index contributed by atoms with van der Waals surface area (Å²) in [7, 11) is 0. The molecule has 0 aliphatic rings. The van der Waals surface area contributed by atoms with Gasteiger partial charge in [0.2, 0.25) is 0 Å². The fourth-order valence-electron chi connectivity index (χ4n) is 4.85. The molecule has 0 radical (unpaired) electrons. The van der Waals surface area contributed by atoms with E-state index in [4.69, 9.17) is 0 Å². The van der Waals surface area contributed by atoms with Crippen molar-refractivity contribution >= 4 is 35.5 Å². The summed E-state index contributed by atoms with van der Waals surface area (Å²) in [5, 5.41) is 9.52. The number of carbonyl (C=O) groups is 1. The number of aliphatic carboxylic acids is 1. The second-order valence-corrected chi connectivity index (χ2v) is 10.4. The van der Waals surface area contributed by atoms with Crippen LogP contribution in [0.4, 0.5) is 0 Å². The molecule has 0 aromatic heterocycles. The Kier molecular flexibility index (Phi) is 32.9. The minimum atomic E-state index is -0.560. The van der Waals surface area contributed by atoms with Crippen LogP contribution in [0.25, 0.3) is 0 Å². The second-order valence-electron chi connectivity index (χ2n) is 10.4. The van der Waals surface area contributed by atoms with Gasteiger partial charge >= 0.3 is 35.5 Å². The average Bonchev–Trinajstić information content (AvgIpc) is 2.78. The van der Waals surface area contributed by atoms with E-state index in [2.05, 4.69) is 13.8 Å². The molecule has 0 aliphatic carbocycles. The second kappa shape index (κ2) is 30.5. The summed E-state index contributed by atoms with van der Waals surface area (Å²) >= 11 is 0. The number of carboxylic acid groups (broad SMARTS) is 1. The molecule has 2 nitrogen and oxygen atoms in total. The number of unbranched alkanes of at least 4 members (excludes halogenated alkanes) is 22. The van der Waals surface area contributed by atoms with E-state index in [9.17, 15) is 9.90 Å². The van der Waals surface area contributed by atoms with E-state index >= 15 is 0 Å². The van der Waals surface area contributed by atoms with Crippen LogP contribution in [-0.2, 0) is 4.79 Å². The van der Waals surface area contributed by atoms with Gasteiger partial charge in [0.15, 0.2) is 0 Å². The van der Waals surface area contributed by atoms with Crippen LogP contribution in [0.15, 0.2) is 0 Å². The molecular weight excluding hydrogens is 415 g/mol. The maximum atomic E-state index is 11.6. The van der Waals surface area contributed by atoms with Crippen LogP contribution in [0.5, 0.6) is 0 Å². The van der Waals surface area contributed by atoms with Crippen molar-refractivity contribution in [2.75, 3.05) is 0 Å². The van der Waals surface area contributed by atoms with Crippen LogP contribution in [0.1, 0.15) is 181 Å². The summed E-state index contributed by atoms with van der Waals surface area (Å²) in [6.07, 6.45) is 34.0. The molecule has 0 spiro atoms. The van der Waals surface area contributed by atoms with E-state index < -0.39 is 5.97 Å². The topological polar surface area (TPSA) is 37.3 Å². The number of hydrogen-bond donors (Lipinski definition) is 1. The summed E-state index contributed by atoms with van der Waals surface area (Å²) in [6, 6.07) is 0. The summed E-state index contributed by atoms with van der Waals surface area (Å²) in [4.78, 5) is 11.6. The van der Waals surface area contributed by atoms with Gasteiger partial charge in [0.25, 0.3) is 0 Å². The molecule has 0 heterocycles. The quantitative estimate of drug-likeness (QED) is 0.0945. The van der Waals surface area contributed by atoms with Crippen LogP contribution in [0.3, 0.4) is 0 Å². The summed E-state index contributed by atoms with van der Waals surface area (Å²) in [5.74, 6) is -0.656. The van der Waals surface area contributed by atoms with Gasteiger partial charge in [-0.2, -0.15) is 0 Å². The third kappa shape index (κ3) is 28.6. The Labute approximate surface area is 231 Å². The fourth-order valence-corrected chi connectivity index (χ4v) is 4.85. The fraction of sp³-hybridized carbons (Fsp3) is 0.967. The molecule has 1 N–H and O–H groups in total. The van der Waals surface area contributed by atoms with Crippen molar-refractivity contribution in [1.82, 2.24) is 0 Å². The number of rotatable bonds is 27. The Morgan fingerprint density at radius 3 is 0.879 bits per heavy atom. The third-order valence-electron chi connectivity index (χ3n) is 7.16. The summed E-state index contributed by atoms with van der Waals surface area (Å²) in [6.45, 7) is 4.55. The zero-order valence-electron chi connectivity index (χ0n) is 22.3. The monoisotopic (exact) mass is 476 g/mol. The molecule has 0 rings (SSSR count). The van der Waals surface area contributed by atoms with Gasteiger partial charge in [0.1, 0.15) is 0 Å². The molecule has 0 aliphatic heterocycles. The molecule has 0 amide bonds. The number of carboxylic acids is 1. The van der Waals surface area contributed by atoms with Crippen LogP contribution in [0.2, 0.25) is 0 Å². The normalized spacial score (nSPS) is 11.9. The van der Waals surface area contributed by atoms with Gasteiger partial charge in [-0.15, -0.1) is 0 Å². The first kappa shape index (κ1) is 35.6. The first-order chi connectivity index (χ1) is 15.7. The van der Waals surface area contributed by atoms with Crippen molar-refractivity contribution in [2.24, 2.45) is 5.92 Å². The van der Waals surface area contributed by atoms with Gasteiger partial charge in [-0.25, -0.2) is 0 Å². The van der Waals surface area contributed by atoms with E-state index in [1.807, 2.05) is 0 Å².